The summed E-state index contributed by atoms with van der Waals surface area (Å²) in [6.45, 7) is 8.05. The van der Waals surface area contributed by atoms with Crippen LogP contribution in [0.25, 0.3) is 0 Å². The summed E-state index contributed by atoms with van der Waals surface area (Å²) in [6.07, 6.45) is -4.34. The highest BCUT2D eigenvalue weighted by Gasteiger charge is 2.33. The Balaban J connectivity index is 1.60. The Morgan fingerprint density at radius 1 is 0.931 bits per heavy atom. The van der Waals surface area contributed by atoms with Crippen molar-refractivity contribution in [1.29, 1.82) is 0 Å². The van der Waals surface area contributed by atoms with Crippen molar-refractivity contribution in [1.82, 2.24) is 9.80 Å². The van der Waals surface area contributed by atoms with Crippen molar-refractivity contribution in [3.63, 3.8) is 0 Å². The van der Waals surface area contributed by atoms with Gasteiger partial charge >= 0.3 is 6.18 Å². The number of piperazine rings is 1. The van der Waals surface area contributed by atoms with Crippen molar-refractivity contribution < 1.29 is 13.2 Å². The van der Waals surface area contributed by atoms with Gasteiger partial charge in [0.2, 0.25) is 0 Å². The molecule has 2 aromatic carbocycles. The fraction of sp³-hybridized carbons (Fsp3) is 0.455. The van der Waals surface area contributed by atoms with E-state index >= 15 is 0 Å². The molecule has 0 bridgehead atoms. The third-order valence-corrected chi connectivity index (χ3v) is 6.74. The van der Waals surface area contributed by atoms with Gasteiger partial charge < -0.3 is 14.7 Å². The lowest BCUT2D eigenvalue weighted by atomic mass is 10.1. The Morgan fingerprint density at radius 2 is 1.62 bits per heavy atom. The highest BCUT2D eigenvalue weighted by molar-refractivity contribution is 7.99. The average Bonchev–Trinajstić information content (AvgIpc) is 2.68. The molecule has 7 heteroatoms. The lowest BCUT2D eigenvalue weighted by Crippen LogP contribution is -2.46. The molecule has 1 unspecified atom stereocenters. The molecule has 0 aliphatic carbocycles. The van der Waals surface area contributed by atoms with Gasteiger partial charge in [0.25, 0.3) is 0 Å². The molecular formula is C22H26F3N3S. The third-order valence-electron chi connectivity index (χ3n) is 5.61. The van der Waals surface area contributed by atoms with Crippen LogP contribution in [0.2, 0.25) is 0 Å². The molecule has 0 N–H and O–H groups in total. The first-order valence-electron chi connectivity index (χ1n) is 9.98. The minimum atomic E-state index is -4.34. The molecule has 1 fully saturated rings. The zero-order valence-corrected chi connectivity index (χ0v) is 17.6. The predicted molar refractivity (Wildman–Crippen MR) is 112 cm³/mol. The summed E-state index contributed by atoms with van der Waals surface area (Å²) in [6, 6.07) is 12.1. The van der Waals surface area contributed by atoms with Crippen LogP contribution >= 0.6 is 11.8 Å². The Morgan fingerprint density at radius 3 is 2.34 bits per heavy atom. The van der Waals surface area contributed by atoms with Crippen molar-refractivity contribution in [2.75, 3.05) is 51.2 Å². The SMILES string of the molecule is CC(CN1CCN(C)CC1)CN1c2ccccc2Sc2ccc(C(F)(F)F)cc21. The zero-order valence-electron chi connectivity index (χ0n) is 16.7. The van der Waals surface area contributed by atoms with E-state index < -0.39 is 11.7 Å². The lowest BCUT2D eigenvalue weighted by Gasteiger charge is -2.38. The van der Waals surface area contributed by atoms with E-state index in [2.05, 4.69) is 28.7 Å². The zero-order chi connectivity index (χ0) is 20.6. The van der Waals surface area contributed by atoms with Gasteiger partial charge in [-0.3, -0.25) is 0 Å². The molecule has 0 spiro atoms. The van der Waals surface area contributed by atoms with Crippen LogP contribution in [0.15, 0.2) is 52.3 Å². The number of alkyl halides is 3. The molecule has 2 heterocycles. The number of halogens is 3. The number of rotatable bonds is 4. The summed E-state index contributed by atoms with van der Waals surface area (Å²) in [5.74, 6) is 0.331. The quantitative estimate of drug-likeness (QED) is 0.672. The number of nitrogens with zero attached hydrogens (tertiary/aromatic N) is 3. The molecule has 156 valence electrons. The minimum Gasteiger partial charge on any atom is -0.339 e. The van der Waals surface area contributed by atoms with Gasteiger partial charge in [0.1, 0.15) is 0 Å². The highest BCUT2D eigenvalue weighted by Crippen LogP contribution is 2.49. The van der Waals surface area contributed by atoms with Crippen molar-refractivity contribution in [3.8, 4) is 0 Å². The maximum Gasteiger partial charge on any atom is 0.416 e. The normalized spacial score (nSPS) is 19.0. The maximum absolute atomic E-state index is 13.3. The molecular weight excluding hydrogens is 395 g/mol. The fourth-order valence-electron chi connectivity index (χ4n) is 4.04. The molecule has 0 amide bonds. The van der Waals surface area contributed by atoms with Crippen LogP contribution in [0.4, 0.5) is 24.5 Å². The summed E-state index contributed by atoms with van der Waals surface area (Å²) >= 11 is 1.54. The highest BCUT2D eigenvalue weighted by atomic mass is 32.2. The lowest BCUT2D eigenvalue weighted by molar-refractivity contribution is -0.137. The molecule has 2 aliphatic rings. The second-order valence-corrected chi connectivity index (χ2v) is 9.15. The van der Waals surface area contributed by atoms with Crippen LogP contribution in [0, 0.1) is 5.92 Å². The number of likely N-dealkylation sites (N-methyl/N-ethyl adjacent to an activating group) is 1. The van der Waals surface area contributed by atoms with E-state index in [0.717, 1.165) is 48.2 Å². The van der Waals surface area contributed by atoms with Crippen LogP contribution in [-0.2, 0) is 6.18 Å². The first-order valence-corrected chi connectivity index (χ1v) is 10.8. The summed E-state index contributed by atoms with van der Waals surface area (Å²) in [5, 5.41) is 0. The smallest absolute Gasteiger partial charge is 0.339 e. The number of hydrogen-bond acceptors (Lipinski definition) is 4. The van der Waals surface area contributed by atoms with Crippen molar-refractivity contribution in [3.05, 3.63) is 48.0 Å². The van der Waals surface area contributed by atoms with Gasteiger partial charge in [-0.05, 0) is 43.3 Å². The van der Waals surface area contributed by atoms with E-state index in [-0.39, 0.29) is 0 Å². The van der Waals surface area contributed by atoms with E-state index in [4.69, 9.17) is 0 Å². The van der Waals surface area contributed by atoms with Crippen LogP contribution in [-0.4, -0.2) is 56.1 Å². The molecule has 2 aromatic rings. The Kier molecular flexibility index (Phi) is 5.82. The number of benzene rings is 2. The molecule has 1 atom stereocenters. The number of fused-ring (bicyclic) bond motifs is 2. The standard InChI is InChI=1S/C22H26F3N3S/c1-16(14-27-11-9-26(2)10-12-27)15-28-18-5-3-4-6-20(18)29-21-8-7-17(13-19(21)28)22(23,24)25/h3-8,13,16H,9-12,14-15H2,1-2H3. The van der Waals surface area contributed by atoms with Crippen molar-refractivity contribution >= 4 is 23.1 Å². The average molecular weight is 422 g/mol. The molecule has 4 rings (SSSR count). The fourth-order valence-corrected chi connectivity index (χ4v) is 5.12. The van der Waals surface area contributed by atoms with E-state index in [9.17, 15) is 13.2 Å². The maximum atomic E-state index is 13.3. The van der Waals surface area contributed by atoms with Crippen LogP contribution in [0.5, 0.6) is 0 Å². The Bertz CT molecular complexity index is 863. The van der Waals surface area contributed by atoms with E-state index in [1.807, 2.05) is 24.3 Å². The van der Waals surface area contributed by atoms with Crippen LogP contribution in [0.1, 0.15) is 12.5 Å². The van der Waals surface area contributed by atoms with Gasteiger partial charge in [-0.15, -0.1) is 0 Å². The van der Waals surface area contributed by atoms with Crippen LogP contribution < -0.4 is 4.90 Å². The third kappa shape index (κ3) is 4.57. The number of anilines is 2. The van der Waals surface area contributed by atoms with Gasteiger partial charge in [-0.2, -0.15) is 13.2 Å². The Labute approximate surface area is 174 Å². The number of hydrogen-bond donors (Lipinski definition) is 0. The number of para-hydroxylation sites is 1. The molecule has 3 nitrogen and oxygen atoms in total. The summed E-state index contributed by atoms with van der Waals surface area (Å²) in [4.78, 5) is 8.84. The van der Waals surface area contributed by atoms with Crippen LogP contribution in [0.3, 0.4) is 0 Å². The first-order chi connectivity index (χ1) is 13.8. The van der Waals surface area contributed by atoms with Gasteiger partial charge in [-0.25, -0.2) is 0 Å². The molecule has 0 radical (unpaired) electrons. The predicted octanol–water partition coefficient (Wildman–Crippen LogP) is 5.19. The largest absolute Gasteiger partial charge is 0.416 e. The van der Waals surface area contributed by atoms with E-state index in [1.165, 1.54) is 12.1 Å². The molecule has 0 aromatic heterocycles. The van der Waals surface area contributed by atoms with Gasteiger partial charge in [0.05, 0.1) is 16.9 Å². The van der Waals surface area contributed by atoms with Crippen molar-refractivity contribution in [2.45, 2.75) is 22.9 Å². The second kappa shape index (κ2) is 8.20. The minimum absolute atomic E-state index is 0.331. The summed E-state index contributed by atoms with van der Waals surface area (Å²) in [7, 11) is 2.14. The van der Waals surface area contributed by atoms with Crippen molar-refractivity contribution in [2.24, 2.45) is 5.92 Å². The summed E-state index contributed by atoms with van der Waals surface area (Å²) in [5.41, 5.74) is 1.07. The van der Waals surface area contributed by atoms with E-state index in [1.54, 1.807) is 17.8 Å². The molecule has 29 heavy (non-hydrogen) atoms. The topological polar surface area (TPSA) is 9.72 Å². The second-order valence-electron chi connectivity index (χ2n) is 8.07. The molecule has 1 saturated heterocycles. The molecule has 2 aliphatic heterocycles. The van der Waals surface area contributed by atoms with Gasteiger partial charge in [0.15, 0.2) is 0 Å². The molecule has 0 saturated carbocycles. The monoisotopic (exact) mass is 421 g/mol. The first kappa shape index (κ1) is 20.6. The van der Waals surface area contributed by atoms with E-state index in [0.29, 0.717) is 18.2 Å². The Hall–Kier alpha value is -1.70. The summed E-state index contributed by atoms with van der Waals surface area (Å²) < 4.78 is 40.0. The van der Waals surface area contributed by atoms with Gasteiger partial charge in [0, 0.05) is 49.1 Å². The van der Waals surface area contributed by atoms with Gasteiger partial charge in [-0.1, -0.05) is 30.8 Å².